The molecule has 5 rings (SSSR count). The number of aliphatic carboxylic acids is 2. The van der Waals surface area contributed by atoms with E-state index in [4.69, 9.17) is 19.8 Å². The van der Waals surface area contributed by atoms with Gasteiger partial charge in [0, 0.05) is 43.0 Å². The summed E-state index contributed by atoms with van der Waals surface area (Å²) in [6.45, 7) is 9.64. The molecule has 1 spiro atoms. The Hall–Kier alpha value is -3.50. The van der Waals surface area contributed by atoms with Gasteiger partial charge in [0.1, 0.15) is 0 Å². The van der Waals surface area contributed by atoms with Crippen LogP contribution in [0, 0.1) is 13.8 Å². The summed E-state index contributed by atoms with van der Waals surface area (Å²) in [5.41, 5.74) is 4.64. The van der Waals surface area contributed by atoms with E-state index in [9.17, 15) is 31.4 Å². The molecule has 4 N–H and O–H groups in total. The fourth-order valence-corrected chi connectivity index (χ4v) is 5.72. The molecule has 16 heteroatoms. The van der Waals surface area contributed by atoms with Crippen LogP contribution in [0.3, 0.4) is 0 Å². The van der Waals surface area contributed by atoms with E-state index in [2.05, 4.69) is 49.4 Å². The molecule has 1 aliphatic carbocycles. The minimum absolute atomic E-state index is 0.0895. The maximum Gasteiger partial charge on any atom is 0.490 e. The molecule has 0 unspecified atom stereocenters. The van der Waals surface area contributed by atoms with E-state index in [1.54, 1.807) is 0 Å². The maximum absolute atomic E-state index is 11.6. The predicted octanol–water partition coefficient (Wildman–Crippen LogP) is 3.22. The molecule has 0 amide bonds. The number of halogens is 6. The second kappa shape index (κ2) is 13.4. The van der Waals surface area contributed by atoms with Crippen LogP contribution in [0.2, 0.25) is 0 Å². The van der Waals surface area contributed by atoms with Gasteiger partial charge in [-0.25, -0.2) is 19.6 Å². The van der Waals surface area contributed by atoms with E-state index in [1.165, 1.54) is 11.1 Å². The molecule has 0 saturated carbocycles. The first-order valence-corrected chi connectivity index (χ1v) is 13.4. The zero-order valence-electron chi connectivity index (χ0n) is 23.4. The lowest BCUT2D eigenvalue weighted by molar-refractivity contribution is -0.193. The number of aromatic nitrogens is 2. The number of nitrogens with one attached hydrogen (secondary N) is 1. The first-order chi connectivity index (χ1) is 20.0. The van der Waals surface area contributed by atoms with Crippen molar-refractivity contribution in [3.63, 3.8) is 0 Å². The number of piperidine rings is 1. The summed E-state index contributed by atoms with van der Waals surface area (Å²) in [7, 11) is 0. The summed E-state index contributed by atoms with van der Waals surface area (Å²) < 4.78 is 63.5. The van der Waals surface area contributed by atoms with Gasteiger partial charge in [-0.1, -0.05) is 24.3 Å². The Bertz CT molecular complexity index is 1230. The second-order valence-corrected chi connectivity index (χ2v) is 10.5. The lowest BCUT2D eigenvalue weighted by Gasteiger charge is -2.43. The van der Waals surface area contributed by atoms with Crippen molar-refractivity contribution < 1.29 is 51.3 Å². The minimum atomic E-state index is -5.08. The van der Waals surface area contributed by atoms with Crippen molar-refractivity contribution >= 4 is 17.9 Å². The maximum atomic E-state index is 11.6. The summed E-state index contributed by atoms with van der Waals surface area (Å²) in [5.74, 6) is -4.68. The fraction of sp³-hybridized carbons (Fsp3) is 0.556. The standard InChI is InChI=1S/C23H31N5O.2C2HF3O2/c1-16-15-17(2)26-22(25-16)28-13-11-27(12-14-28)20-18-5-3-4-6-19(18)23(21(20)29)7-9-24-10-8-23;2*3-2(4,5)1(6)7/h3-6,15,20-21,24,29H,7-14H2,1-2H3;2*(H,6,7)/t20-,21+;;/m1../s1. The van der Waals surface area contributed by atoms with Crippen LogP contribution in [0.5, 0.6) is 0 Å². The van der Waals surface area contributed by atoms with Crippen LogP contribution in [0.1, 0.15) is 41.4 Å². The van der Waals surface area contributed by atoms with E-state index in [0.717, 1.165) is 69.4 Å². The van der Waals surface area contributed by atoms with Crippen molar-refractivity contribution in [2.75, 3.05) is 44.2 Å². The van der Waals surface area contributed by atoms with Crippen molar-refractivity contribution in [3.8, 4) is 0 Å². The fourth-order valence-electron chi connectivity index (χ4n) is 5.72. The number of fused-ring (bicyclic) bond motifs is 2. The van der Waals surface area contributed by atoms with Crippen molar-refractivity contribution in [3.05, 3.63) is 52.8 Å². The second-order valence-electron chi connectivity index (χ2n) is 10.5. The zero-order chi connectivity index (χ0) is 32.2. The number of rotatable bonds is 2. The average Bonchev–Trinajstić information content (AvgIpc) is 3.15. The van der Waals surface area contributed by atoms with Crippen LogP contribution in [-0.2, 0) is 15.0 Å². The van der Waals surface area contributed by atoms with E-state index in [0.29, 0.717) is 0 Å². The number of hydrogen-bond acceptors (Lipinski definition) is 8. The molecule has 2 saturated heterocycles. The molecule has 10 nitrogen and oxygen atoms in total. The monoisotopic (exact) mass is 621 g/mol. The van der Waals surface area contributed by atoms with Gasteiger partial charge in [-0.15, -0.1) is 0 Å². The molecule has 2 aromatic rings. The van der Waals surface area contributed by atoms with Crippen molar-refractivity contribution in [1.29, 1.82) is 0 Å². The SMILES string of the molecule is Cc1cc(C)nc(N2CCN([C@@H]3c4ccccc4C4(CCNCC4)[C@H]3O)CC2)n1.O=C(O)C(F)(F)F.O=C(O)C(F)(F)F. The van der Waals surface area contributed by atoms with Crippen LogP contribution in [-0.4, -0.2) is 99.9 Å². The third-order valence-corrected chi connectivity index (χ3v) is 7.62. The van der Waals surface area contributed by atoms with Gasteiger partial charge in [0.05, 0.1) is 12.1 Å². The molecule has 238 valence electrons. The number of aliphatic hydroxyl groups excluding tert-OH is 1. The molecular formula is C27H33F6N5O5. The van der Waals surface area contributed by atoms with Crippen LogP contribution >= 0.6 is 0 Å². The highest BCUT2D eigenvalue weighted by molar-refractivity contribution is 5.73. The highest BCUT2D eigenvalue weighted by Gasteiger charge is 2.53. The number of benzene rings is 1. The highest BCUT2D eigenvalue weighted by atomic mass is 19.4. The van der Waals surface area contributed by atoms with E-state index in [-0.39, 0.29) is 17.6 Å². The Labute approximate surface area is 243 Å². The number of carbonyl (C=O) groups is 2. The van der Waals surface area contributed by atoms with Crippen LogP contribution < -0.4 is 10.2 Å². The third-order valence-electron chi connectivity index (χ3n) is 7.62. The highest BCUT2D eigenvalue weighted by Crippen LogP contribution is 2.52. The summed E-state index contributed by atoms with van der Waals surface area (Å²) in [6.07, 6.45) is -8.48. The Kier molecular flexibility index (Phi) is 10.6. The van der Waals surface area contributed by atoms with Gasteiger partial charge in [0.2, 0.25) is 5.95 Å². The number of carboxylic acid groups (broad SMARTS) is 2. The Morgan fingerprint density at radius 2 is 1.35 bits per heavy atom. The van der Waals surface area contributed by atoms with Gasteiger partial charge < -0.3 is 25.5 Å². The van der Waals surface area contributed by atoms with Gasteiger partial charge >= 0.3 is 24.3 Å². The normalized spacial score (nSPS) is 21.7. The van der Waals surface area contributed by atoms with Crippen LogP contribution in [0.25, 0.3) is 0 Å². The van der Waals surface area contributed by atoms with E-state index < -0.39 is 24.3 Å². The Morgan fingerprint density at radius 3 is 1.81 bits per heavy atom. The molecule has 0 bridgehead atoms. The molecule has 43 heavy (non-hydrogen) atoms. The van der Waals surface area contributed by atoms with Crippen molar-refractivity contribution in [2.24, 2.45) is 0 Å². The van der Waals surface area contributed by atoms with E-state index in [1.807, 2.05) is 19.9 Å². The van der Waals surface area contributed by atoms with Gasteiger partial charge in [-0.2, -0.15) is 26.3 Å². The lowest BCUT2D eigenvalue weighted by Crippen LogP contribution is -2.53. The predicted molar refractivity (Wildman–Crippen MR) is 142 cm³/mol. The molecular weight excluding hydrogens is 588 g/mol. The van der Waals surface area contributed by atoms with Gasteiger partial charge in [0.25, 0.3) is 0 Å². The zero-order valence-corrected chi connectivity index (χ0v) is 23.4. The summed E-state index contributed by atoms with van der Waals surface area (Å²) in [5, 5.41) is 29.3. The Balaban J connectivity index is 0.000000303. The van der Waals surface area contributed by atoms with E-state index >= 15 is 0 Å². The molecule has 1 aromatic heterocycles. The number of piperazine rings is 1. The molecule has 3 aliphatic rings. The third kappa shape index (κ3) is 8.12. The number of hydrogen-bond donors (Lipinski definition) is 4. The molecule has 1 aromatic carbocycles. The van der Waals surface area contributed by atoms with Crippen molar-refractivity contribution in [2.45, 2.75) is 56.6 Å². The van der Waals surface area contributed by atoms with Gasteiger partial charge in [-0.3, -0.25) is 4.90 Å². The van der Waals surface area contributed by atoms with Crippen LogP contribution in [0.4, 0.5) is 32.3 Å². The molecule has 3 heterocycles. The van der Waals surface area contributed by atoms with Gasteiger partial charge in [0.15, 0.2) is 0 Å². The number of aliphatic hydroxyl groups is 1. The van der Waals surface area contributed by atoms with Gasteiger partial charge in [-0.05, 0) is 57.0 Å². The summed E-state index contributed by atoms with van der Waals surface area (Å²) in [4.78, 5) is 31.8. The van der Waals surface area contributed by atoms with Crippen LogP contribution in [0.15, 0.2) is 30.3 Å². The number of alkyl halides is 6. The molecule has 2 aliphatic heterocycles. The molecule has 2 atom stereocenters. The number of anilines is 1. The lowest BCUT2D eigenvalue weighted by atomic mass is 9.72. The summed E-state index contributed by atoms with van der Waals surface area (Å²) >= 11 is 0. The largest absolute Gasteiger partial charge is 0.490 e. The minimum Gasteiger partial charge on any atom is -0.475 e. The topological polar surface area (TPSA) is 139 Å². The summed E-state index contributed by atoms with van der Waals surface area (Å²) in [6, 6.07) is 10.9. The number of aryl methyl sites for hydroxylation is 2. The molecule has 2 fully saturated rings. The number of nitrogens with zero attached hydrogens (tertiary/aromatic N) is 4. The molecule has 0 radical (unpaired) electrons. The number of carboxylic acids is 2. The first-order valence-electron chi connectivity index (χ1n) is 13.4. The smallest absolute Gasteiger partial charge is 0.475 e. The first kappa shape index (κ1) is 34.0. The average molecular weight is 622 g/mol. The van der Waals surface area contributed by atoms with Crippen molar-refractivity contribution in [1.82, 2.24) is 20.2 Å². The Morgan fingerprint density at radius 1 is 0.884 bits per heavy atom. The quantitative estimate of drug-likeness (QED) is 0.370.